The van der Waals surface area contributed by atoms with Gasteiger partial charge in [0.05, 0.1) is 21.4 Å². The summed E-state index contributed by atoms with van der Waals surface area (Å²) in [5.41, 5.74) is 0.936. The number of benzene rings is 1. The molecule has 0 amide bonds. The lowest BCUT2D eigenvalue weighted by atomic mass is 10.0. The molecule has 0 spiro atoms. The highest BCUT2D eigenvalue weighted by Gasteiger charge is 2.27. The number of nitro groups is 1. The number of halogens is 3. The molecule has 2 atom stereocenters. The molecule has 2 unspecified atom stereocenters. The van der Waals surface area contributed by atoms with Crippen molar-refractivity contribution in [1.29, 1.82) is 0 Å². The Kier molecular flexibility index (Phi) is 6.20. The quantitative estimate of drug-likeness (QED) is 0.464. The lowest BCUT2D eigenvalue weighted by Crippen LogP contribution is -2.05. The highest BCUT2D eigenvalue weighted by molar-refractivity contribution is 6.30. The summed E-state index contributed by atoms with van der Waals surface area (Å²) in [5.74, 6) is 0. The molecule has 20 heavy (non-hydrogen) atoms. The molecule has 0 N–H and O–H groups in total. The molecule has 0 radical (unpaired) electrons. The fraction of sp³-hybridized carbons (Fsp3) is 0.154. The minimum atomic E-state index is -0.724. The molecule has 0 aliphatic carbocycles. The maximum Gasteiger partial charge on any atom is 0.274 e. The monoisotopic (exact) mass is 332 g/mol. The van der Waals surface area contributed by atoms with Crippen LogP contribution < -0.4 is 0 Å². The first kappa shape index (κ1) is 16.7. The van der Waals surface area contributed by atoms with Gasteiger partial charge in [0, 0.05) is 17.8 Å². The summed E-state index contributed by atoms with van der Waals surface area (Å²) in [5, 5.41) is 9.61. The van der Waals surface area contributed by atoms with E-state index in [4.69, 9.17) is 23.2 Å². The molecule has 0 aliphatic rings. The van der Waals surface area contributed by atoms with Crippen molar-refractivity contribution in [3.05, 3.63) is 70.0 Å². The molecule has 0 bridgehead atoms. The maximum absolute atomic E-state index is 11.0. The summed E-state index contributed by atoms with van der Waals surface area (Å²) < 4.78 is 0. The van der Waals surface area contributed by atoms with Gasteiger partial charge in [-0.3, -0.25) is 15.1 Å². The van der Waals surface area contributed by atoms with E-state index in [1.165, 1.54) is 6.07 Å². The molecule has 1 aromatic heterocycles. The van der Waals surface area contributed by atoms with E-state index in [0.29, 0.717) is 11.3 Å². The summed E-state index contributed by atoms with van der Waals surface area (Å²) in [6, 6.07) is 11.6. The number of hydrogen-bond donors (Lipinski definition) is 0. The van der Waals surface area contributed by atoms with Gasteiger partial charge < -0.3 is 0 Å². The first-order valence-electron chi connectivity index (χ1n) is 5.53. The van der Waals surface area contributed by atoms with Crippen molar-refractivity contribution in [2.45, 2.75) is 10.8 Å². The van der Waals surface area contributed by atoms with Crippen LogP contribution in [0.2, 0.25) is 0 Å². The SMILES string of the molecule is Cl.O=[N+]([O-])c1ccccc1C(Cl)C(Cl)c1ccccn1. The number of alkyl halides is 2. The van der Waals surface area contributed by atoms with E-state index >= 15 is 0 Å². The Morgan fingerprint density at radius 2 is 1.70 bits per heavy atom. The number of nitrogens with zero attached hydrogens (tertiary/aromatic N) is 2. The van der Waals surface area contributed by atoms with E-state index in [0.717, 1.165) is 0 Å². The van der Waals surface area contributed by atoms with Gasteiger partial charge in [0.1, 0.15) is 0 Å². The Morgan fingerprint density at radius 1 is 1.05 bits per heavy atom. The molecule has 0 saturated carbocycles. The standard InChI is InChI=1S/C13H10Cl2N2O2.ClH/c14-12(13(15)10-6-3-4-8-16-10)9-5-1-2-7-11(9)17(18)19;/h1-8,12-13H;1H. The van der Waals surface area contributed by atoms with Gasteiger partial charge in [-0.05, 0) is 12.1 Å². The Morgan fingerprint density at radius 3 is 2.30 bits per heavy atom. The number of para-hydroxylation sites is 1. The fourth-order valence-corrected chi connectivity index (χ4v) is 2.31. The van der Waals surface area contributed by atoms with E-state index in [2.05, 4.69) is 4.98 Å². The number of aromatic nitrogens is 1. The fourth-order valence-electron chi connectivity index (χ4n) is 1.73. The van der Waals surface area contributed by atoms with Crippen LogP contribution in [0.15, 0.2) is 48.7 Å². The van der Waals surface area contributed by atoms with Gasteiger partial charge >= 0.3 is 0 Å². The van der Waals surface area contributed by atoms with Gasteiger partial charge in [0.25, 0.3) is 5.69 Å². The van der Waals surface area contributed by atoms with E-state index in [9.17, 15) is 10.1 Å². The summed E-state index contributed by atoms with van der Waals surface area (Å²) in [6.07, 6.45) is 1.60. The number of nitro benzene ring substituents is 1. The predicted octanol–water partition coefficient (Wildman–Crippen LogP) is 4.67. The third kappa shape index (κ3) is 3.60. The van der Waals surface area contributed by atoms with Crippen molar-refractivity contribution >= 4 is 41.3 Å². The molecule has 1 heterocycles. The zero-order valence-electron chi connectivity index (χ0n) is 10.1. The number of rotatable bonds is 4. The maximum atomic E-state index is 11.0. The van der Waals surface area contributed by atoms with Crippen molar-refractivity contribution in [3.63, 3.8) is 0 Å². The van der Waals surface area contributed by atoms with Gasteiger partial charge in [-0.1, -0.05) is 24.3 Å². The van der Waals surface area contributed by atoms with Crippen LogP contribution in [0, 0.1) is 10.1 Å². The molecule has 7 heteroatoms. The van der Waals surface area contributed by atoms with Crippen molar-refractivity contribution < 1.29 is 4.92 Å². The molecule has 2 rings (SSSR count). The normalized spacial score (nSPS) is 13.1. The number of pyridine rings is 1. The molecule has 0 saturated heterocycles. The van der Waals surface area contributed by atoms with Crippen LogP contribution in [-0.4, -0.2) is 9.91 Å². The predicted molar refractivity (Wildman–Crippen MR) is 81.8 cm³/mol. The zero-order chi connectivity index (χ0) is 13.8. The molecular formula is C13H11Cl3N2O2. The van der Waals surface area contributed by atoms with Gasteiger partial charge in [-0.25, -0.2) is 0 Å². The van der Waals surface area contributed by atoms with Crippen LogP contribution in [0.4, 0.5) is 5.69 Å². The molecular weight excluding hydrogens is 323 g/mol. The van der Waals surface area contributed by atoms with Crippen LogP contribution in [0.5, 0.6) is 0 Å². The second kappa shape index (κ2) is 7.43. The van der Waals surface area contributed by atoms with Gasteiger partial charge in [0.2, 0.25) is 0 Å². The Bertz CT molecular complexity index is 581. The van der Waals surface area contributed by atoms with E-state index in [1.54, 1.807) is 42.6 Å². The minimum absolute atomic E-state index is 0. The Labute approximate surface area is 132 Å². The summed E-state index contributed by atoms with van der Waals surface area (Å²) >= 11 is 12.5. The molecule has 4 nitrogen and oxygen atoms in total. The Hall–Kier alpha value is -1.36. The molecule has 106 valence electrons. The summed E-state index contributed by atoms with van der Waals surface area (Å²) in [4.78, 5) is 14.6. The van der Waals surface area contributed by atoms with Crippen LogP contribution in [-0.2, 0) is 0 Å². The van der Waals surface area contributed by atoms with Gasteiger partial charge in [-0.15, -0.1) is 35.6 Å². The molecule has 1 aromatic carbocycles. The average molecular weight is 334 g/mol. The Balaban J connectivity index is 0.00000200. The highest BCUT2D eigenvalue weighted by Crippen LogP contribution is 2.41. The van der Waals surface area contributed by atoms with Crippen molar-refractivity contribution in [2.24, 2.45) is 0 Å². The number of hydrogen-bond acceptors (Lipinski definition) is 3. The average Bonchev–Trinajstić information content (AvgIpc) is 2.46. The van der Waals surface area contributed by atoms with Crippen molar-refractivity contribution in [1.82, 2.24) is 4.98 Å². The topological polar surface area (TPSA) is 56.0 Å². The van der Waals surface area contributed by atoms with Gasteiger partial charge in [-0.2, -0.15) is 0 Å². The molecule has 0 aliphatic heterocycles. The van der Waals surface area contributed by atoms with Gasteiger partial charge in [0.15, 0.2) is 0 Å². The largest absolute Gasteiger partial charge is 0.274 e. The van der Waals surface area contributed by atoms with Crippen LogP contribution in [0.25, 0.3) is 0 Å². The first-order valence-corrected chi connectivity index (χ1v) is 6.41. The van der Waals surface area contributed by atoms with Crippen molar-refractivity contribution in [2.75, 3.05) is 0 Å². The summed E-state index contributed by atoms with van der Waals surface area (Å²) in [7, 11) is 0. The van der Waals surface area contributed by atoms with E-state index in [-0.39, 0.29) is 18.1 Å². The summed E-state index contributed by atoms with van der Waals surface area (Å²) in [6.45, 7) is 0. The first-order chi connectivity index (χ1) is 9.11. The second-order valence-electron chi connectivity index (χ2n) is 3.87. The smallest absolute Gasteiger partial charge is 0.260 e. The second-order valence-corrected chi connectivity index (χ2v) is 4.81. The van der Waals surface area contributed by atoms with Crippen LogP contribution in [0.1, 0.15) is 22.0 Å². The third-order valence-corrected chi connectivity index (χ3v) is 3.75. The lowest BCUT2D eigenvalue weighted by Gasteiger charge is -2.15. The van der Waals surface area contributed by atoms with Crippen LogP contribution in [0.3, 0.4) is 0 Å². The van der Waals surface area contributed by atoms with E-state index < -0.39 is 15.7 Å². The minimum Gasteiger partial charge on any atom is -0.260 e. The molecule has 2 aromatic rings. The zero-order valence-corrected chi connectivity index (χ0v) is 12.5. The highest BCUT2D eigenvalue weighted by atomic mass is 35.5. The van der Waals surface area contributed by atoms with Crippen molar-refractivity contribution in [3.8, 4) is 0 Å². The van der Waals surface area contributed by atoms with E-state index in [1.807, 2.05) is 0 Å². The third-order valence-electron chi connectivity index (χ3n) is 2.66. The van der Waals surface area contributed by atoms with Crippen LogP contribution >= 0.6 is 35.6 Å². The molecule has 0 fully saturated rings. The lowest BCUT2D eigenvalue weighted by molar-refractivity contribution is -0.385.